The monoisotopic (exact) mass is 331 g/mol. The largest absolute Gasteiger partial charge is 0.375 e. The fraction of sp³-hybridized carbons (Fsp3) is 0.231. The molecule has 0 radical (unpaired) electrons. The van der Waals surface area contributed by atoms with Gasteiger partial charge in [-0.2, -0.15) is 0 Å². The van der Waals surface area contributed by atoms with Crippen molar-refractivity contribution in [2.45, 2.75) is 11.0 Å². The van der Waals surface area contributed by atoms with Crippen molar-refractivity contribution in [1.29, 1.82) is 0 Å². The van der Waals surface area contributed by atoms with Crippen LogP contribution in [0.1, 0.15) is 11.0 Å². The van der Waals surface area contributed by atoms with Crippen molar-refractivity contribution in [3.8, 4) is 0 Å². The van der Waals surface area contributed by atoms with Crippen molar-refractivity contribution >= 4 is 33.0 Å². The minimum atomic E-state index is -3.52. The van der Waals surface area contributed by atoms with E-state index in [9.17, 15) is 8.42 Å². The molecule has 108 valence electrons. The van der Waals surface area contributed by atoms with Gasteiger partial charge >= 0.3 is 0 Å². The highest BCUT2D eigenvalue weighted by molar-refractivity contribution is 7.89. The van der Waals surface area contributed by atoms with Crippen molar-refractivity contribution in [2.75, 3.05) is 13.7 Å². The van der Waals surface area contributed by atoms with Gasteiger partial charge in [-0.25, -0.2) is 13.1 Å². The summed E-state index contributed by atoms with van der Waals surface area (Å²) < 4.78 is 32.7. The van der Waals surface area contributed by atoms with Crippen molar-refractivity contribution in [2.24, 2.45) is 0 Å². The summed E-state index contributed by atoms with van der Waals surface area (Å²) in [6, 6.07) is 11.8. The topological polar surface area (TPSA) is 55.4 Å². The Morgan fingerprint density at radius 3 is 2.50 bits per heavy atom. The molecule has 0 aliphatic carbocycles. The molecule has 0 aliphatic heterocycles. The van der Waals surface area contributed by atoms with Crippen molar-refractivity contribution in [3.05, 3.63) is 51.7 Å². The quantitative estimate of drug-likeness (QED) is 0.885. The van der Waals surface area contributed by atoms with E-state index in [0.717, 1.165) is 4.88 Å². The fourth-order valence-electron chi connectivity index (χ4n) is 1.67. The maximum atomic E-state index is 12.1. The zero-order valence-corrected chi connectivity index (χ0v) is 13.1. The third-order valence-corrected chi connectivity index (χ3v) is 5.47. The first-order chi connectivity index (χ1) is 9.53. The maximum absolute atomic E-state index is 12.1. The van der Waals surface area contributed by atoms with Gasteiger partial charge in [-0.05, 0) is 24.3 Å². The summed E-state index contributed by atoms with van der Waals surface area (Å²) in [5.74, 6) is 0. The summed E-state index contributed by atoms with van der Waals surface area (Å²) in [6.45, 7) is 0.157. The van der Waals surface area contributed by atoms with E-state index in [-0.39, 0.29) is 17.5 Å². The Balaban J connectivity index is 2.07. The Hall–Kier alpha value is -0.920. The molecule has 1 aromatic carbocycles. The Morgan fingerprint density at radius 2 is 1.95 bits per heavy atom. The van der Waals surface area contributed by atoms with Crippen LogP contribution in [0.15, 0.2) is 47.4 Å². The van der Waals surface area contributed by atoms with Gasteiger partial charge in [0.2, 0.25) is 10.0 Å². The Kier molecular flexibility index (Phi) is 5.17. The lowest BCUT2D eigenvalue weighted by atomic mass is 10.3. The molecule has 0 saturated carbocycles. The van der Waals surface area contributed by atoms with Gasteiger partial charge in [0.05, 0.1) is 9.23 Å². The smallest absolute Gasteiger partial charge is 0.240 e. The van der Waals surface area contributed by atoms with E-state index >= 15 is 0 Å². The van der Waals surface area contributed by atoms with Gasteiger partial charge in [0.15, 0.2) is 0 Å². The summed E-state index contributed by atoms with van der Waals surface area (Å²) in [5.41, 5.74) is 0. The molecule has 1 aromatic heterocycles. The first-order valence-corrected chi connectivity index (χ1v) is 8.53. The molecule has 2 rings (SSSR count). The second kappa shape index (κ2) is 6.69. The molecule has 0 spiro atoms. The molecule has 0 saturated heterocycles. The van der Waals surface area contributed by atoms with Crippen LogP contribution in [0.3, 0.4) is 0 Å². The number of thiophene rings is 1. The van der Waals surface area contributed by atoms with Crippen LogP contribution >= 0.6 is 22.9 Å². The third-order valence-electron chi connectivity index (χ3n) is 2.71. The van der Waals surface area contributed by atoms with Crippen LogP contribution in [0.2, 0.25) is 4.34 Å². The predicted octanol–water partition coefficient (Wildman–Crippen LogP) is 3.07. The molecule has 1 unspecified atom stereocenters. The predicted molar refractivity (Wildman–Crippen MR) is 80.7 cm³/mol. The van der Waals surface area contributed by atoms with Crippen LogP contribution in [0.25, 0.3) is 0 Å². The third kappa shape index (κ3) is 3.80. The molecule has 7 heteroatoms. The average Bonchev–Trinajstić information content (AvgIpc) is 2.87. The lowest BCUT2D eigenvalue weighted by Crippen LogP contribution is -2.29. The first kappa shape index (κ1) is 15.5. The SMILES string of the molecule is COC(CNS(=O)(=O)c1ccccc1)c1ccc(Cl)s1. The highest BCUT2D eigenvalue weighted by Crippen LogP contribution is 2.28. The molecular formula is C13H14ClNO3S2. The van der Waals surface area contributed by atoms with Crippen molar-refractivity contribution in [3.63, 3.8) is 0 Å². The van der Waals surface area contributed by atoms with E-state index in [0.29, 0.717) is 4.34 Å². The van der Waals surface area contributed by atoms with Gasteiger partial charge in [-0.1, -0.05) is 29.8 Å². The Labute approximate surface area is 127 Å². The number of hydrogen-bond acceptors (Lipinski definition) is 4. The maximum Gasteiger partial charge on any atom is 0.240 e. The second-order valence-electron chi connectivity index (χ2n) is 4.03. The normalized spacial score (nSPS) is 13.3. The number of hydrogen-bond donors (Lipinski definition) is 1. The van der Waals surface area contributed by atoms with Crippen molar-refractivity contribution < 1.29 is 13.2 Å². The van der Waals surface area contributed by atoms with Crippen LogP contribution < -0.4 is 4.72 Å². The molecule has 4 nitrogen and oxygen atoms in total. The van der Waals surface area contributed by atoms with Gasteiger partial charge in [0, 0.05) is 18.5 Å². The Morgan fingerprint density at radius 1 is 1.25 bits per heavy atom. The zero-order chi connectivity index (χ0) is 14.6. The summed E-state index contributed by atoms with van der Waals surface area (Å²) >= 11 is 7.24. The molecule has 20 heavy (non-hydrogen) atoms. The van der Waals surface area contributed by atoms with E-state index in [4.69, 9.17) is 16.3 Å². The summed E-state index contributed by atoms with van der Waals surface area (Å²) in [7, 11) is -1.99. The molecule has 2 aromatic rings. The minimum absolute atomic E-state index is 0.157. The van der Waals surface area contributed by atoms with Gasteiger partial charge in [-0.15, -0.1) is 11.3 Å². The van der Waals surface area contributed by atoms with E-state index in [1.807, 2.05) is 6.07 Å². The highest BCUT2D eigenvalue weighted by Gasteiger charge is 2.18. The van der Waals surface area contributed by atoms with Gasteiger partial charge in [0.25, 0.3) is 0 Å². The molecule has 0 aliphatic rings. The zero-order valence-electron chi connectivity index (χ0n) is 10.7. The lowest BCUT2D eigenvalue weighted by Gasteiger charge is -2.14. The second-order valence-corrected chi connectivity index (χ2v) is 7.54. The van der Waals surface area contributed by atoms with E-state index in [2.05, 4.69) is 4.72 Å². The number of benzene rings is 1. The number of sulfonamides is 1. The van der Waals surface area contributed by atoms with Crippen LogP contribution in [0.5, 0.6) is 0 Å². The molecule has 0 fully saturated rings. The van der Waals surface area contributed by atoms with Gasteiger partial charge < -0.3 is 4.74 Å². The standard InChI is InChI=1S/C13H14ClNO3S2/c1-18-11(12-7-8-13(14)19-12)9-15-20(16,17)10-5-3-2-4-6-10/h2-8,11,15H,9H2,1H3. The van der Waals surface area contributed by atoms with Crippen molar-refractivity contribution in [1.82, 2.24) is 4.72 Å². The van der Waals surface area contributed by atoms with E-state index in [1.165, 1.54) is 18.4 Å². The van der Waals surface area contributed by atoms with E-state index in [1.54, 1.807) is 36.4 Å². The lowest BCUT2D eigenvalue weighted by molar-refractivity contribution is 0.110. The van der Waals surface area contributed by atoms with Crippen LogP contribution in [-0.2, 0) is 14.8 Å². The summed E-state index contributed by atoms with van der Waals surface area (Å²) in [6.07, 6.45) is -0.356. The van der Waals surface area contributed by atoms with Crippen LogP contribution in [-0.4, -0.2) is 22.1 Å². The van der Waals surface area contributed by atoms with Crippen LogP contribution in [0, 0.1) is 0 Å². The van der Waals surface area contributed by atoms with Gasteiger partial charge in [-0.3, -0.25) is 0 Å². The number of nitrogens with one attached hydrogen (secondary N) is 1. The minimum Gasteiger partial charge on any atom is -0.375 e. The molecule has 1 atom stereocenters. The molecular weight excluding hydrogens is 318 g/mol. The highest BCUT2D eigenvalue weighted by atomic mass is 35.5. The number of ether oxygens (including phenoxy) is 1. The first-order valence-electron chi connectivity index (χ1n) is 5.85. The number of methoxy groups -OCH3 is 1. The number of rotatable bonds is 6. The Bertz CT molecular complexity index is 655. The average molecular weight is 332 g/mol. The summed E-state index contributed by atoms with van der Waals surface area (Å²) in [4.78, 5) is 1.12. The van der Waals surface area contributed by atoms with Crippen LogP contribution in [0.4, 0.5) is 0 Å². The fourth-order valence-corrected chi connectivity index (χ4v) is 3.86. The summed E-state index contributed by atoms with van der Waals surface area (Å²) in [5, 5.41) is 0. The molecule has 0 amide bonds. The molecule has 1 N–H and O–H groups in total. The number of halogens is 1. The molecule has 1 heterocycles. The molecule has 0 bridgehead atoms. The van der Waals surface area contributed by atoms with E-state index < -0.39 is 10.0 Å². The van der Waals surface area contributed by atoms with Gasteiger partial charge in [0.1, 0.15) is 6.10 Å².